The highest BCUT2D eigenvalue weighted by Crippen LogP contribution is 2.16. The topological polar surface area (TPSA) is 52.6 Å². The van der Waals surface area contributed by atoms with E-state index < -0.39 is 0 Å². The van der Waals surface area contributed by atoms with Gasteiger partial charge in [0.05, 0.1) is 0 Å². The van der Waals surface area contributed by atoms with E-state index in [1.807, 2.05) is 55.1 Å². The van der Waals surface area contributed by atoms with E-state index in [1.54, 1.807) is 6.07 Å². The second-order valence-electron chi connectivity index (χ2n) is 7.21. The number of amides is 1. The number of aromatic nitrogens is 2. The lowest BCUT2D eigenvalue weighted by Crippen LogP contribution is -2.46. The van der Waals surface area contributed by atoms with E-state index in [2.05, 4.69) is 26.9 Å². The SMILES string of the molecule is CCN1CCN(c2ccc(C(=O)N(Cc3ccccc3)C(C)C)nn2)CC1. The fraction of sp³-hybridized carbons (Fsp3) is 0.476. The van der Waals surface area contributed by atoms with Crippen molar-refractivity contribution in [2.75, 3.05) is 37.6 Å². The number of likely N-dealkylation sites (N-methyl/N-ethyl adjacent to an activating group) is 1. The van der Waals surface area contributed by atoms with Crippen molar-refractivity contribution < 1.29 is 4.79 Å². The van der Waals surface area contributed by atoms with Crippen LogP contribution in [0.25, 0.3) is 0 Å². The van der Waals surface area contributed by atoms with Crippen LogP contribution in [0.3, 0.4) is 0 Å². The molecule has 0 bridgehead atoms. The van der Waals surface area contributed by atoms with Crippen molar-refractivity contribution in [1.82, 2.24) is 20.0 Å². The summed E-state index contributed by atoms with van der Waals surface area (Å²) in [5.41, 5.74) is 1.51. The lowest BCUT2D eigenvalue weighted by Gasteiger charge is -2.34. The third-order valence-electron chi connectivity index (χ3n) is 5.09. The number of anilines is 1. The average molecular weight is 367 g/mol. The molecular weight excluding hydrogens is 338 g/mol. The first-order valence-electron chi connectivity index (χ1n) is 9.74. The van der Waals surface area contributed by atoms with Gasteiger partial charge in [0.15, 0.2) is 11.5 Å². The number of hydrogen-bond donors (Lipinski definition) is 0. The molecule has 0 atom stereocenters. The van der Waals surface area contributed by atoms with Crippen LogP contribution in [0.2, 0.25) is 0 Å². The molecule has 27 heavy (non-hydrogen) atoms. The molecule has 0 unspecified atom stereocenters. The molecule has 1 aliphatic heterocycles. The standard InChI is InChI=1S/C21H29N5O/c1-4-24-12-14-25(15-13-24)20-11-10-19(22-23-20)21(27)26(17(2)3)16-18-8-6-5-7-9-18/h5-11,17H,4,12-16H2,1-3H3. The van der Waals surface area contributed by atoms with Gasteiger partial charge in [-0.15, -0.1) is 10.2 Å². The van der Waals surface area contributed by atoms with E-state index in [0.29, 0.717) is 12.2 Å². The van der Waals surface area contributed by atoms with Gasteiger partial charge in [-0.3, -0.25) is 4.79 Å². The molecule has 0 saturated carbocycles. The molecule has 144 valence electrons. The molecule has 1 amide bonds. The summed E-state index contributed by atoms with van der Waals surface area (Å²) in [6.45, 7) is 11.9. The average Bonchev–Trinajstić information content (AvgIpc) is 2.72. The fourth-order valence-electron chi connectivity index (χ4n) is 3.32. The monoisotopic (exact) mass is 367 g/mol. The largest absolute Gasteiger partial charge is 0.353 e. The summed E-state index contributed by atoms with van der Waals surface area (Å²) in [4.78, 5) is 19.5. The zero-order chi connectivity index (χ0) is 19.2. The maximum Gasteiger partial charge on any atom is 0.274 e. The van der Waals surface area contributed by atoms with Crippen LogP contribution in [0.5, 0.6) is 0 Å². The summed E-state index contributed by atoms with van der Waals surface area (Å²) in [5, 5.41) is 8.57. The van der Waals surface area contributed by atoms with Crippen LogP contribution in [0.4, 0.5) is 5.82 Å². The van der Waals surface area contributed by atoms with Crippen LogP contribution in [0.1, 0.15) is 36.8 Å². The highest BCUT2D eigenvalue weighted by atomic mass is 16.2. The Bertz CT molecular complexity index is 724. The Kier molecular flexibility index (Phi) is 6.40. The molecule has 6 heteroatoms. The molecule has 2 heterocycles. The van der Waals surface area contributed by atoms with Crippen molar-refractivity contribution in [2.45, 2.75) is 33.4 Å². The Balaban J connectivity index is 1.68. The second-order valence-corrected chi connectivity index (χ2v) is 7.21. The normalized spacial score (nSPS) is 15.2. The van der Waals surface area contributed by atoms with Gasteiger partial charge in [0, 0.05) is 38.8 Å². The zero-order valence-corrected chi connectivity index (χ0v) is 16.5. The number of benzene rings is 1. The van der Waals surface area contributed by atoms with E-state index in [1.165, 1.54) is 0 Å². The van der Waals surface area contributed by atoms with E-state index >= 15 is 0 Å². The number of carbonyl (C=O) groups is 1. The Morgan fingerprint density at radius 1 is 1.04 bits per heavy atom. The molecule has 2 aromatic rings. The number of rotatable bonds is 6. The first-order valence-corrected chi connectivity index (χ1v) is 9.74. The van der Waals surface area contributed by atoms with Gasteiger partial charge in [0.2, 0.25) is 0 Å². The Hall–Kier alpha value is -2.47. The molecule has 1 saturated heterocycles. The first-order chi connectivity index (χ1) is 13.1. The molecule has 0 aliphatic carbocycles. The van der Waals surface area contributed by atoms with Gasteiger partial charge >= 0.3 is 0 Å². The van der Waals surface area contributed by atoms with Gasteiger partial charge in [0.25, 0.3) is 5.91 Å². The van der Waals surface area contributed by atoms with Crippen LogP contribution >= 0.6 is 0 Å². The fourth-order valence-corrected chi connectivity index (χ4v) is 3.32. The smallest absolute Gasteiger partial charge is 0.274 e. The summed E-state index contributed by atoms with van der Waals surface area (Å²) in [6, 6.07) is 13.8. The van der Waals surface area contributed by atoms with Crippen LogP contribution in [-0.2, 0) is 6.54 Å². The Morgan fingerprint density at radius 2 is 1.74 bits per heavy atom. The number of piperazine rings is 1. The van der Waals surface area contributed by atoms with Gasteiger partial charge < -0.3 is 14.7 Å². The van der Waals surface area contributed by atoms with E-state index in [-0.39, 0.29) is 11.9 Å². The number of nitrogens with zero attached hydrogens (tertiary/aromatic N) is 5. The van der Waals surface area contributed by atoms with Crippen molar-refractivity contribution in [3.63, 3.8) is 0 Å². The predicted molar refractivity (Wildman–Crippen MR) is 108 cm³/mol. The molecule has 0 spiro atoms. The minimum absolute atomic E-state index is 0.0799. The summed E-state index contributed by atoms with van der Waals surface area (Å²) in [7, 11) is 0. The highest BCUT2D eigenvalue weighted by molar-refractivity contribution is 5.92. The lowest BCUT2D eigenvalue weighted by atomic mass is 10.1. The third kappa shape index (κ3) is 4.83. The van der Waals surface area contributed by atoms with Crippen molar-refractivity contribution in [3.05, 3.63) is 53.7 Å². The highest BCUT2D eigenvalue weighted by Gasteiger charge is 2.22. The molecule has 1 aliphatic rings. The molecular formula is C21H29N5O. The zero-order valence-electron chi connectivity index (χ0n) is 16.5. The van der Waals surface area contributed by atoms with Crippen molar-refractivity contribution >= 4 is 11.7 Å². The van der Waals surface area contributed by atoms with Gasteiger partial charge in [0.1, 0.15) is 0 Å². The molecule has 1 fully saturated rings. The molecule has 1 aromatic carbocycles. The van der Waals surface area contributed by atoms with Gasteiger partial charge in [-0.2, -0.15) is 0 Å². The van der Waals surface area contributed by atoms with Crippen LogP contribution < -0.4 is 4.90 Å². The van der Waals surface area contributed by atoms with Crippen LogP contribution in [0.15, 0.2) is 42.5 Å². The van der Waals surface area contributed by atoms with Gasteiger partial charge in [-0.25, -0.2) is 0 Å². The van der Waals surface area contributed by atoms with E-state index in [0.717, 1.165) is 44.1 Å². The molecule has 1 aromatic heterocycles. The summed E-state index contributed by atoms with van der Waals surface area (Å²) >= 11 is 0. The predicted octanol–water partition coefficient (Wildman–Crippen LogP) is 2.67. The van der Waals surface area contributed by atoms with Crippen molar-refractivity contribution in [2.24, 2.45) is 0 Å². The molecule has 0 radical (unpaired) electrons. The van der Waals surface area contributed by atoms with E-state index in [4.69, 9.17) is 0 Å². The third-order valence-corrected chi connectivity index (χ3v) is 5.09. The Labute approximate surface area is 161 Å². The van der Waals surface area contributed by atoms with Gasteiger partial charge in [-0.1, -0.05) is 37.3 Å². The second kappa shape index (κ2) is 8.95. The minimum atomic E-state index is -0.0799. The minimum Gasteiger partial charge on any atom is -0.353 e. The summed E-state index contributed by atoms with van der Waals surface area (Å²) < 4.78 is 0. The number of carbonyl (C=O) groups excluding carboxylic acids is 1. The molecule has 0 N–H and O–H groups in total. The molecule has 3 rings (SSSR count). The lowest BCUT2D eigenvalue weighted by molar-refractivity contribution is 0.0683. The maximum atomic E-state index is 13.0. The maximum absolute atomic E-state index is 13.0. The summed E-state index contributed by atoms with van der Waals surface area (Å²) in [6.07, 6.45) is 0. The summed E-state index contributed by atoms with van der Waals surface area (Å²) in [5.74, 6) is 0.769. The van der Waals surface area contributed by atoms with Crippen molar-refractivity contribution in [1.29, 1.82) is 0 Å². The van der Waals surface area contributed by atoms with Crippen LogP contribution in [-0.4, -0.2) is 64.7 Å². The quantitative estimate of drug-likeness (QED) is 0.786. The molecule has 6 nitrogen and oxygen atoms in total. The number of hydrogen-bond acceptors (Lipinski definition) is 5. The van der Waals surface area contributed by atoms with Crippen LogP contribution in [0, 0.1) is 0 Å². The van der Waals surface area contributed by atoms with Crippen molar-refractivity contribution in [3.8, 4) is 0 Å². The first kappa shape index (κ1) is 19.3. The van der Waals surface area contributed by atoms with Gasteiger partial charge in [-0.05, 0) is 38.1 Å². The Morgan fingerprint density at radius 3 is 2.30 bits per heavy atom. The van der Waals surface area contributed by atoms with E-state index in [9.17, 15) is 4.79 Å².